The standard InChI is InChI=1S/C6H9NO.3C2H4O2/c1-2-7-5-3-4-6(7)8;3*1-2(3)4/h2H,1,3-5H2;3*1H3,(H,3,4). The number of carboxylic acids is 3. The molecule has 1 rings (SSSR count). The van der Waals surface area contributed by atoms with Crippen molar-refractivity contribution < 1.29 is 34.5 Å². The minimum absolute atomic E-state index is 0.208. The maximum atomic E-state index is 10.7. The normalized spacial score (nSPS) is 11.6. The van der Waals surface area contributed by atoms with Crippen LogP contribution in [-0.2, 0) is 19.2 Å². The van der Waals surface area contributed by atoms with Gasteiger partial charge in [-0.25, -0.2) is 0 Å². The van der Waals surface area contributed by atoms with Crippen LogP contribution in [0.3, 0.4) is 0 Å². The SMILES string of the molecule is C=CN1CCCC1=O.CC(=O)O.CC(=O)O.CC(=O)O. The highest BCUT2D eigenvalue weighted by Crippen LogP contribution is 2.08. The van der Waals surface area contributed by atoms with Gasteiger partial charge in [0, 0.05) is 33.7 Å². The van der Waals surface area contributed by atoms with Crippen LogP contribution in [0.2, 0.25) is 0 Å². The van der Waals surface area contributed by atoms with Crippen molar-refractivity contribution in [3.63, 3.8) is 0 Å². The van der Waals surface area contributed by atoms with E-state index < -0.39 is 17.9 Å². The Labute approximate surface area is 117 Å². The molecule has 0 saturated carbocycles. The van der Waals surface area contributed by atoms with Gasteiger partial charge in [0.2, 0.25) is 5.91 Å². The van der Waals surface area contributed by atoms with Crippen molar-refractivity contribution in [2.45, 2.75) is 33.6 Å². The van der Waals surface area contributed by atoms with Gasteiger partial charge in [0.05, 0.1) is 0 Å². The number of carbonyl (C=O) groups is 4. The van der Waals surface area contributed by atoms with E-state index in [0.717, 1.165) is 33.7 Å². The van der Waals surface area contributed by atoms with Crippen LogP contribution < -0.4 is 0 Å². The molecule has 0 aromatic rings. The highest BCUT2D eigenvalue weighted by Gasteiger charge is 2.15. The summed E-state index contributed by atoms with van der Waals surface area (Å²) in [5, 5.41) is 22.2. The molecule has 0 unspecified atom stereocenters. The van der Waals surface area contributed by atoms with Crippen LogP contribution in [0.4, 0.5) is 0 Å². The van der Waals surface area contributed by atoms with Crippen molar-refractivity contribution in [1.82, 2.24) is 4.90 Å². The van der Waals surface area contributed by atoms with Gasteiger partial charge in [0.1, 0.15) is 0 Å². The first kappa shape index (κ1) is 22.8. The Hall–Kier alpha value is -2.38. The average Bonchev–Trinajstić information content (AvgIpc) is 2.60. The van der Waals surface area contributed by atoms with Crippen LogP contribution in [0.5, 0.6) is 0 Å². The second-order valence-electron chi connectivity index (χ2n) is 3.43. The zero-order chi connectivity index (χ0) is 16.7. The zero-order valence-electron chi connectivity index (χ0n) is 11.8. The summed E-state index contributed by atoms with van der Waals surface area (Å²) < 4.78 is 0. The van der Waals surface area contributed by atoms with Crippen molar-refractivity contribution in [2.75, 3.05) is 6.54 Å². The molecule has 0 aromatic carbocycles. The third-order valence-electron chi connectivity index (χ3n) is 1.33. The molecule has 8 heteroatoms. The molecule has 20 heavy (non-hydrogen) atoms. The minimum Gasteiger partial charge on any atom is -0.481 e. The van der Waals surface area contributed by atoms with E-state index >= 15 is 0 Å². The van der Waals surface area contributed by atoms with Gasteiger partial charge in [-0.1, -0.05) is 6.58 Å². The molecule has 0 spiro atoms. The van der Waals surface area contributed by atoms with Gasteiger partial charge in [-0.3, -0.25) is 19.2 Å². The number of aliphatic carboxylic acids is 3. The Morgan fingerprint density at radius 2 is 1.35 bits per heavy atom. The molecule has 116 valence electrons. The van der Waals surface area contributed by atoms with E-state index in [1.807, 2.05) is 0 Å². The number of rotatable bonds is 1. The van der Waals surface area contributed by atoms with Crippen LogP contribution in [0.25, 0.3) is 0 Å². The van der Waals surface area contributed by atoms with Crippen LogP contribution in [0, 0.1) is 0 Å². The molecule has 3 N–H and O–H groups in total. The Kier molecular flexibility index (Phi) is 16.7. The minimum atomic E-state index is -0.833. The molecular weight excluding hydrogens is 270 g/mol. The fraction of sp³-hybridized carbons (Fsp3) is 0.500. The maximum absolute atomic E-state index is 10.7. The number of nitrogens with zero attached hydrogens (tertiary/aromatic N) is 1. The van der Waals surface area contributed by atoms with E-state index in [9.17, 15) is 4.79 Å². The van der Waals surface area contributed by atoms with Gasteiger partial charge in [-0.05, 0) is 12.6 Å². The average molecular weight is 291 g/mol. The predicted molar refractivity (Wildman–Crippen MR) is 71.1 cm³/mol. The third kappa shape index (κ3) is 36.1. The molecule has 1 aliphatic heterocycles. The summed E-state index contributed by atoms with van der Waals surface area (Å²) in [6, 6.07) is 0. The van der Waals surface area contributed by atoms with E-state index in [0.29, 0.717) is 6.42 Å². The molecule has 0 bridgehead atoms. The van der Waals surface area contributed by atoms with Gasteiger partial charge in [0.15, 0.2) is 0 Å². The second kappa shape index (κ2) is 14.7. The first-order valence-corrected chi connectivity index (χ1v) is 5.55. The fourth-order valence-corrected chi connectivity index (χ4v) is 0.862. The fourth-order valence-electron chi connectivity index (χ4n) is 0.862. The summed E-state index contributed by atoms with van der Waals surface area (Å²) in [5.41, 5.74) is 0. The molecular formula is C12H21NO7. The Bertz CT molecular complexity index is 298. The molecule has 1 fully saturated rings. The highest BCUT2D eigenvalue weighted by atomic mass is 16.4. The second-order valence-corrected chi connectivity index (χ2v) is 3.43. The lowest BCUT2D eigenvalue weighted by atomic mass is 10.4. The van der Waals surface area contributed by atoms with Crippen LogP contribution >= 0.6 is 0 Å². The van der Waals surface area contributed by atoms with Crippen molar-refractivity contribution in [3.8, 4) is 0 Å². The molecule has 0 radical (unpaired) electrons. The van der Waals surface area contributed by atoms with E-state index in [1.165, 1.54) is 0 Å². The topological polar surface area (TPSA) is 132 Å². The van der Waals surface area contributed by atoms with E-state index in [2.05, 4.69) is 6.58 Å². The first-order chi connectivity index (χ1) is 9.04. The predicted octanol–water partition coefficient (Wildman–Crippen LogP) is 1.02. The quantitative estimate of drug-likeness (QED) is 0.657. The number of carboxylic acid groups (broad SMARTS) is 3. The van der Waals surface area contributed by atoms with Crippen molar-refractivity contribution in [1.29, 1.82) is 0 Å². The summed E-state index contributed by atoms with van der Waals surface area (Å²) in [6.07, 6.45) is 3.28. The third-order valence-corrected chi connectivity index (χ3v) is 1.33. The molecule has 1 saturated heterocycles. The molecule has 0 aliphatic carbocycles. The summed E-state index contributed by atoms with van der Waals surface area (Å²) in [5.74, 6) is -2.29. The van der Waals surface area contributed by atoms with E-state index in [-0.39, 0.29) is 5.91 Å². The first-order valence-electron chi connectivity index (χ1n) is 5.55. The van der Waals surface area contributed by atoms with Gasteiger partial charge in [0.25, 0.3) is 17.9 Å². The molecule has 0 atom stereocenters. The van der Waals surface area contributed by atoms with Crippen molar-refractivity contribution in [3.05, 3.63) is 12.8 Å². The summed E-state index contributed by atoms with van der Waals surface area (Å²) >= 11 is 0. The smallest absolute Gasteiger partial charge is 0.300 e. The molecule has 8 nitrogen and oxygen atoms in total. The monoisotopic (exact) mass is 291 g/mol. The number of carbonyl (C=O) groups excluding carboxylic acids is 1. The largest absolute Gasteiger partial charge is 0.481 e. The summed E-state index contributed by atoms with van der Waals surface area (Å²) in [4.78, 5) is 39.3. The van der Waals surface area contributed by atoms with Crippen molar-refractivity contribution in [2.24, 2.45) is 0 Å². The van der Waals surface area contributed by atoms with E-state index in [4.69, 9.17) is 29.7 Å². The van der Waals surface area contributed by atoms with Crippen molar-refractivity contribution >= 4 is 23.8 Å². The molecule has 1 heterocycles. The summed E-state index contributed by atoms with van der Waals surface area (Å²) in [7, 11) is 0. The lowest BCUT2D eigenvalue weighted by Gasteiger charge is -2.05. The maximum Gasteiger partial charge on any atom is 0.300 e. The lowest BCUT2D eigenvalue weighted by Crippen LogP contribution is -2.16. The van der Waals surface area contributed by atoms with Gasteiger partial charge < -0.3 is 20.2 Å². The Morgan fingerprint density at radius 3 is 1.45 bits per heavy atom. The number of hydrogen-bond donors (Lipinski definition) is 3. The lowest BCUT2D eigenvalue weighted by molar-refractivity contribution is -0.135. The number of hydrogen-bond acceptors (Lipinski definition) is 4. The summed E-state index contributed by atoms with van der Waals surface area (Å²) in [6.45, 7) is 7.61. The molecule has 1 amide bonds. The number of likely N-dealkylation sites (tertiary alicyclic amines) is 1. The zero-order valence-corrected chi connectivity index (χ0v) is 11.8. The molecule has 1 aliphatic rings. The Balaban J connectivity index is -0.000000209. The van der Waals surface area contributed by atoms with E-state index in [1.54, 1.807) is 11.1 Å². The van der Waals surface area contributed by atoms with Crippen LogP contribution in [0.15, 0.2) is 12.8 Å². The van der Waals surface area contributed by atoms with Gasteiger partial charge in [-0.15, -0.1) is 0 Å². The van der Waals surface area contributed by atoms with Gasteiger partial charge >= 0.3 is 0 Å². The number of amides is 1. The molecule has 0 aromatic heterocycles. The van der Waals surface area contributed by atoms with Crippen LogP contribution in [0.1, 0.15) is 33.6 Å². The highest BCUT2D eigenvalue weighted by molar-refractivity contribution is 5.78. The Morgan fingerprint density at radius 1 is 1.05 bits per heavy atom. The van der Waals surface area contributed by atoms with Gasteiger partial charge in [-0.2, -0.15) is 0 Å². The van der Waals surface area contributed by atoms with Crippen LogP contribution in [-0.4, -0.2) is 50.6 Å².